The molecule has 23 heavy (non-hydrogen) atoms. The number of amides is 1. The van der Waals surface area contributed by atoms with E-state index in [1.165, 1.54) is 25.5 Å². The van der Waals surface area contributed by atoms with E-state index in [9.17, 15) is 9.59 Å². The Morgan fingerprint density at radius 2 is 2.09 bits per heavy atom. The zero-order valence-corrected chi connectivity index (χ0v) is 13.2. The molecule has 0 radical (unpaired) electrons. The number of likely N-dealkylation sites (tertiary alicyclic amines) is 1. The second kappa shape index (κ2) is 7.08. The minimum absolute atomic E-state index is 0.137. The van der Waals surface area contributed by atoms with Crippen LogP contribution in [-0.2, 0) is 11.3 Å². The van der Waals surface area contributed by atoms with Gasteiger partial charge in [0.1, 0.15) is 0 Å². The molecule has 1 aromatic rings. The van der Waals surface area contributed by atoms with E-state index >= 15 is 0 Å². The van der Waals surface area contributed by atoms with Crippen molar-refractivity contribution < 1.29 is 14.7 Å². The summed E-state index contributed by atoms with van der Waals surface area (Å²) >= 11 is 0. The Morgan fingerprint density at radius 3 is 2.83 bits per heavy atom. The Balaban J connectivity index is 1.54. The van der Waals surface area contributed by atoms with Crippen LogP contribution in [0.5, 0.6) is 0 Å². The maximum absolute atomic E-state index is 12.2. The fraction of sp³-hybridized carbons (Fsp3) is 0.588. The van der Waals surface area contributed by atoms with Crippen LogP contribution in [0.3, 0.4) is 0 Å². The summed E-state index contributed by atoms with van der Waals surface area (Å²) in [7, 11) is 0. The standard InChI is InChI=1S/C17H23N3O3/c21-16-7-14(11-20(16)15-4-2-1-3-5-15)19-9-12-6-13(17(22)23)10-18-8-12/h6,8,10,14-15,19H,1-5,7,9,11H2,(H,22,23). The minimum atomic E-state index is -0.973. The first-order valence-electron chi connectivity index (χ1n) is 8.33. The van der Waals surface area contributed by atoms with Gasteiger partial charge in [0.25, 0.3) is 0 Å². The zero-order valence-electron chi connectivity index (χ0n) is 13.2. The number of carboxylic acids is 1. The molecule has 3 rings (SSSR count). The molecule has 1 saturated carbocycles. The normalized spacial score (nSPS) is 22.5. The quantitative estimate of drug-likeness (QED) is 0.865. The molecule has 6 nitrogen and oxygen atoms in total. The van der Waals surface area contributed by atoms with Gasteiger partial charge in [-0.15, -0.1) is 0 Å². The first-order valence-corrected chi connectivity index (χ1v) is 8.33. The Hall–Kier alpha value is -1.95. The van der Waals surface area contributed by atoms with E-state index in [0.29, 0.717) is 19.0 Å². The van der Waals surface area contributed by atoms with E-state index in [2.05, 4.69) is 10.3 Å². The third kappa shape index (κ3) is 3.88. The molecule has 1 saturated heterocycles. The first kappa shape index (κ1) is 15.9. The average molecular weight is 317 g/mol. The second-order valence-electron chi connectivity index (χ2n) is 6.51. The number of carbonyl (C=O) groups is 2. The lowest BCUT2D eigenvalue weighted by Crippen LogP contribution is -2.40. The monoisotopic (exact) mass is 317 g/mol. The van der Waals surface area contributed by atoms with Gasteiger partial charge in [-0.2, -0.15) is 0 Å². The summed E-state index contributed by atoms with van der Waals surface area (Å²) in [5.74, 6) is -0.731. The molecule has 124 valence electrons. The van der Waals surface area contributed by atoms with E-state index in [-0.39, 0.29) is 17.5 Å². The van der Waals surface area contributed by atoms with Crippen LogP contribution in [0.4, 0.5) is 0 Å². The van der Waals surface area contributed by atoms with Gasteiger partial charge in [0, 0.05) is 44.0 Å². The molecule has 6 heteroatoms. The molecule has 1 atom stereocenters. The number of hydrogen-bond donors (Lipinski definition) is 2. The van der Waals surface area contributed by atoms with E-state index < -0.39 is 5.97 Å². The number of aromatic carboxylic acids is 1. The van der Waals surface area contributed by atoms with Crippen LogP contribution in [0.1, 0.15) is 54.4 Å². The van der Waals surface area contributed by atoms with E-state index in [0.717, 1.165) is 24.9 Å². The molecule has 1 aliphatic carbocycles. The molecule has 1 amide bonds. The fourth-order valence-corrected chi connectivity index (χ4v) is 3.58. The summed E-state index contributed by atoms with van der Waals surface area (Å²) in [6.07, 6.45) is 9.52. The number of pyridine rings is 1. The molecule has 1 unspecified atom stereocenters. The van der Waals surface area contributed by atoms with Crippen molar-refractivity contribution in [2.24, 2.45) is 0 Å². The van der Waals surface area contributed by atoms with Crippen LogP contribution in [-0.4, -0.2) is 45.5 Å². The zero-order chi connectivity index (χ0) is 16.2. The minimum Gasteiger partial charge on any atom is -0.478 e. The summed E-state index contributed by atoms with van der Waals surface area (Å²) in [6.45, 7) is 1.29. The van der Waals surface area contributed by atoms with Crippen molar-refractivity contribution in [1.29, 1.82) is 0 Å². The summed E-state index contributed by atoms with van der Waals surface area (Å²) in [5.41, 5.74) is 1.02. The Kier molecular flexibility index (Phi) is 4.91. The summed E-state index contributed by atoms with van der Waals surface area (Å²) < 4.78 is 0. The number of carbonyl (C=O) groups excluding carboxylic acids is 1. The van der Waals surface area contributed by atoms with Crippen molar-refractivity contribution in [1.82, 2.24) is 15.2 Å². The number of carboxylic acid groups (broad SMARTS) is 1. The van der Waals surface area contributed by atoms with Gasteiger partial charge >= 0.3 is 5.97 Å². The lowest BCUT2D eigenvalue weighted by atomic mass is 9.94. The maximum atomic E-state index is 12.2. The molecule has 2 fully saturated rings. The number of nitrogens with zero attached hydrogens (tertiary/aromatic N) is 2. The molecular formula is C17H23N3O3. The van der Waals surface area contributed by atoms with E-state index in [1.54, 1.807) is 12.3 Å². The first-order chi connectivity index (χ1) is 11.1. The third-order valence-corrected chi connectivity index (χ3v) is 4.81. The number of hydrogen-bond acceptors (Lipinski definition) is 4. The number of aromatic nitrogens is 1. The maximum Gasteiger partial charge on any atom is 0.337 e. The SMILES string of the molecule is O=C(O)c1cncc(CNC2CC(=O)N(C3CCCCC3)C2)c1. The molecule has 2 heterocycles. The predicted octanol–water partition coefficient (Wildman–Crippen LogP) is 1.80. The van der Waals surface area contributed by atoms with Crippen LogP contribution in [0.25, 0.3) is 0 Å². The largest absolute Gasteiger partial charge is 0.478 e. The number of nitrogens with one attached hydrogen (secondary N) is 1. The van der Waals surface area contributed by atoms with Gasteiger partial charge in [-0.25, -0.2) is 4.79 Å². The summed E-state index contributed by atoms with van der Waals surface area (Å²) in [5, 5.41) is 12.4. The highest BCUT2D eigenvalue weighted by Gasteiger charge is 2.34. The van der Waals surface area contributed by atoms with E-state index in [1.807, 2.05) is 4.90 Å². The molecule has 0 bridgehead atoms. The van der Waals surface area contributed by atoms with Gasteiger partial charge in [0.2, 0.25) is 5.91 Å². The van der Waals surface area contributed by atoms with Crippen molar-refractivity contribution >= 4 is 11.9 Å². The van der Waals surface area contributed by atoms with Gasteiger partial charge in [-0.1, -0.05) is 19.3 Å². The molecular weight excluding hydrogens is 294 g/mol. The summed E-state index contributed by atoms with van der Waals surface area (Å²) in [6, 6.07) is 2.18. The highest BCUT2D eigenvalue weighted by atomic mass is 16.4. The van der Waals surface area contributed by atoms with Crippen molar-refractivity contribution in [2.75, 3.05) is 6.54 Å². The van der Waals surface area contributed by atoms with Gasteiger partial charge in [-0.3, -0.25) is 9.78 Å². The smallest absolute Gasteiger partial charge is 0.337 e. The number of rotatable bonds is 5. The molecule has 0 spiro atoms. The topological polar surface area (TPSA) is 82.5 Å². The molecule has 1 aromatic heterocycles. The van der Waals surface area contributed by atoms with Crippen LogP contribution in [0.15, 0.2) is 18.5 Å². The molecule has 1 aliphatic heterocycles. The van der Waals surface area contributed by atoms with Gasteiger partial charge in [0.05, 0.1) is 5.56 Å². The lowest BCUT2D eigenvalue weighted by Gasteiger charge is -2.31. The van der Waals surface area contributed by atoms with Crippen molar-refractivity contribution in [3.63, 3.8) is 0 Å². The Labute approximate surface area is 135 Å². The predicted molar refractivity (Wildman–Crippen MR) is 85.0 cm³/mol. The van der Waals surface area contributed by atoms with Gasteiger partial charge in [-0.05, 0) is 24.5 Å². The second-order valence-corrected chi connectivity index (χ2v) is 6.51. The van der Waals surface area contributed by atoms with Crippen LogP contribution in [0.2, 0.25) is 0 Å². The molecule has 2 N–H and O–H groups in total. The Bertz CT molecular complexity index is 584. The van der Waals surface area contributed by atoms with Crippen LogP contribution in [0, 0.1) is 0 Å². The lowest BCUT2D eigenvalue weighted by molar-refractivity contribution is -0.130. The van der Waals surface area contributed by atoms with Crippen molar-refractivity contribution in [2.45, 2.75) is 57.2 Å². The van der Waals surface area contributed by atoms with Gasteiger partial charge < -0.3 is 15.3 Å². The summed E-state index contributed by atoms with van der Waals surface area (Å²) in [4.78, 5) is 29.2. The van der Waals surface area contributed by atoms with Crippen molar-refractivity contribution in [3.8, 4) is 0 Å². The van der Waals surface area contributed by atoms with Gasteiger partial charge in [0.15, 0.2) is 0 Å². The Morgan fingerprint density at radius 1 is 1.30 bits per heavy atom. The third-order valence-electron chi connectivity index (χ3n) is 4.81. The van der Waals surface area contributed by atoms with Crippen LogP contribution >= 0.6 is 0 Å². The molecule has 2 aliphatic rings. The highest BCUT2D eigenvalue weighted by molar-refractivity contribution is 5.87. The van der Waals surface area contributed by atoms with Crippen molar-refractivity contribution in [3.05, 3.63) is 29.6 Å². The van der Waals surface area contributed by atoms with Crippen LogP contribution < -0.4 is 5.32 Å². The fourth-order valence-electron chi connectivity index (χ4n) is 3.58. The highest BCUT2D eigenvalue weighted by Crippen LogP contribution is 2.26. The average Bonchev–Trinajstić information content (AvgIpc) is 2.95. The van der Waals surface area contributed by atoms with E-state index in [4.69, 9.17) is 5.11 Å². The molecule has 0 aromatic carbocycles.